The normalized spacial score (nSPS) is 13.5. The monoisotopic (exact) mass is 460 g/mol. The number of carbonyl (C=O) groups is 3. The number of nitrogens with zero attached hydrogens (tertiary/aromatic N) is 1. The maximum absolute atomic E-state index is 13.1. The second-order valence-corrected chi connectivity index (χ2v) is 8.02. The minimum atomic E-state index is -1.22. The molecule has 3 aromatic carbocycles. The Morgan fingerprint density at radius 2 is 1.70 bits per heavy atom. The lowest BCUT2D eigenvalue weighted by atomic mass is 10.1. The lowest BCUT2D eigenvalue weighted by Crippen LogP contribution is -2.33. The molecule has 166 valence electrons. The number of carbonyl (C=O) groups excluding carboxylic acids is 3. The van der Waals surface area contributed by atoms with Crippen molar-refractivity contribution in [1.82, 2.24) is 4.90 Å². The molecule has 0 spiro atoms. The third-order valence-corrected chi connectivity index (χ3v) is 5.76. The van der Waals surface area contributed by atoms with Crippen LogP contribution < -0.4 is 5.32 Å². The van der Waals surface area contributed by atoms with E-state index in [0.717, 1.165) is 5.56 Å². The molecule has 0 bridgehead atoms. The van der Waals surface area contributed by atoms with Gasteiger partial charge in [0.2, 0.25) is 6.10 Å². The van der Waals surface area contributed by atoms with Gasteiger partial charge in [0.1, 0.15) is 6.54 Å². The highest BCUT2D eigenvalue weighted by Gasteiger charge is 2.34. The minimum Gasteiger partial charge on any atom is -0.446 e. The molecule has 0 aliphatic carbocycles. The SMILES string of the molecule is C=C1c2ccccc2C(=O)N1CC(=O)OC(C(=O)Nc1ccc(C)c(Cl)c1)c1ccccc1. The van der Waals surface area contributed by atoms with Crippen molar-refractivity contribution in [1.29, 1.82) is 0 Å². The van der Waals surface area contributed by atoms with Crippen molar-refractivity contribution in [2.45, 2.75) is 13.0 Å². The molecule has 1 atom stereocenters. The van der Waals surface area contributed by atoms with Crippen LogP contribution in [0.3, 0.4) is 0 Å². The lowest BCUT2D eigenvalue weighted by Gasteiger charge is -2.21. The fraction of sp³-hybridized carbons (Fsp3) is 0.115. The van der Waals surface area contributed by atoms with Crippen LogP contribution in [0.5, 0.6) is 0 Å². The number of halogens is 1. The van der Waals surface area contributed by atoms with Crippen molar-refractivity contribution in [3.8, 4) is 0 Å². The molecular formula is C26H21ClN2O4. The molecule has 2 amide bonds. The predicted molar refractivity (Wildman–Crippen MR) is 127 cm³/mol. The van der Waals surface area contributed by atoms with Crippen LogP contribution >= 0.6 is 11.6 Å². The number of fused-ring (bicyclic) bond motifs is 1. The smallest absolute Gasteiger partial charge is 0.327 e. The number of amides is 2. The van der Waals surface area contributed by atoms with Gasteiger partial charge in [-0.2, -0.15) is 0 Å². The summed E-state index contributed by atoms with van der Waals surface area (Å²) in [6, 6.07) is 20.8. The molecule has 1 aliphatic rings. The minimum absolute atomic E-state index is 0.331. The second kappa shape index (κ2) is 9.30. The molecule has 0 fully saturated rings. The van der Waals surface area contributed by atoms with Gasteiger partial charge in [-0.15, -0.1) is 0 Å². The first-order valence-electron chi connectivity index (χ1n) is 10.3. The summed E-state index contributed by atoms with van der Waals surface area (Å²) in [7, 11) is 0. The summed E-state index contributed by atoms with van der Waals surface area (Å²) >= 11 is 6.16. The summed E-state index contributed by atoms with van der Waals surface area (Å²) in [4.78, 5) is 39.8. The summed E-state index contributed by atoms with van der Waals surface area (Å²) in [6.45, 7) is 5.42. The van der Waals surface area contributed by atoms with E-state index in [0.29, 0.717) is 33.1 Å². The lowest BCUT2D eigenvalue weighted by molar-refractivity contribution is -0.154. The van der Waals surface area contributed by atoms with E-state index >= 15 is 0 Å². The molecule has 7 heteroatoms. The highest BCUT2D eigenvalue weighted by molar-refractivity contribution is 6.31. The number of hydrogen-bond acceptors (Lipinski definition) is 4. The maximum Gasteiger partial charge on any atom is 0.327 e. The van der Waals surface area contributed by atoms with E-state index in [1.165, 1.54) is 4.90 Å². The van der Waals surface area contributed by atoms with Crippen LogP contribution in [0.1, 0.15) is 33.2 Å². The highest BCUT2D eigenvalue weighted by Crippen LogP contribution is 2.31. The molecule has 6 nitrogen and oxygen atoms in total. The molecule has 4 rings (SSSR count). The Balaban J connectivity index is 1.52. The number of esters is 1. The number of nitrogens with one attached hydrogen (secondary N) is 1. The summed E-state index contributed by atoms with van der Waals surface area (Å²) < 4.78 is 5.56. The Bertz CT molecular complexity index is 1220. The van der Waals surface area contributed by atoms with Gasteiger partial charge in [-0.1, -0.05) is 72.8 Å². The van der Waals surface area contributed by atoms with E-state index in [9.17, 15) is 14.4 Å². The molecule has 1 aliphatic heterocycles. The van der Waals surface area contributed by atoms with Crippen LogP contribution in [-0.4, -0.2) is 29.2 Å². The maximum atomic E-state index is 13.1. The van der Waals surface area contributed by atoms with Crippen molar-refractivity contribution in [2.75, 3.05) is 11.9 Å². The summed E-state index contributed by atoms with van der Waals surface area (Å²) in [5.41, 5.74) is 3.41. The molecule has 0 saturated heterocycles. The van der Waals surface area contributed by atoms with E-state index in [-0.39, 0.29) is 12.5 Å². The topological polar surface area (TPSA) is 75.7 Å². The number of hydrogen-bond donors (Lipinski definition) is 1. The van der Waals surface area contributed by atoms with Gasteiger partial charge in [-0.05, 0) is 30.7 Å². The van der Waals surface area contributed by atoms with Crippen molar-refractivity contribution in [3.63, 3.8) is 0 Å². The van der Waals surface area contributed by atoms with E-state index in [1.807, 2.05) is 6.92 Å². The van der Waals surface area contributed by atoms with Crippen LogP contribution in [-0.2, 0) is 14.3 Å². The Morgan fingerprint density at radius 1 is 1.03 bits per heavy atom. The molecule has 0 aromatic heterocycles. The van der Waals surface area contributed by atoms with Crippen LogP contribution in [0.25, 0.3) is 5.70 Å². The van der Waals surface area contributed by atoms with Gasteiger partial charge >= 0.3 is 5.97 Å². The Hall–Kier alpha value is -3.90. The fourth-order valence-corrected chi connectivity index (χ4v) is 3.76. The molecule has 33 heavy (non-hydrogen) atoms. The number of anilines is 1. The third-order valence-electron chi connectivity index (χ3n) is 5.36. The van der Waals surface area contributed by atoms with E-state index in [4.69, 9.17) is 16.3 Å². The average Bonchev–Trinajstić information content (AvgIpc) is 3.05. The average molecular weight is 461 g/mol. The van der Waals surface area contributed by atoms with E-state index in [1.54, 1.807) is 72.8 Å². The van der Waals surface area contributed by atoms with Crippen molar-refractivity contribution in [2.24, 2.45) is 0 Å². The van der Waals surface area contributed by atoms with Crippen molar-refractivity contribution >= 4 is 40.8 Å². The standard InChI is InChI=1S/C26H21ClN2O4/c1-16-12-13-19(14-22(16)27)28-25(31)24(18-8-4-3-5-9-18)33-23(30)15-29-17(2)20-10-6-7-11-21(20)26(29)32/h3-14,24H,2,15H2,1H3,(H,28,31). The second-order valence-electron chi connectivity index (χ2n) is 7.62. The summed E-state index contributed by atoms with van der Waals surface area (Å²) in [5, 5.41) is 3.25. The van der Waals surface area contributed by atoms with Gasteiger partial charge < -0.3 is 10.1 Å². The third kappa shape index (κ3) is 4.66. The Labute approximate surface area is 196 Å². The van der Waals surface area contributed by atoms with Gasteiger partial charge in [0.15, 0.2) is 0 Å². The van der Waals surface area contributed by atoms with E-state index in [2.05, 4.69) is 11.9 Å². The van der Waals surface area contributed by atoms with Gasteiger partial charge in [-0.25, -0.2) is 0 Å². The first-order chi connectivity index (χ1) is 15.8. The van der Waals surface area contributed by atoms with Crippen molar-refractivity contribution < 1.29 is 19.1 Å². The molecule has 1 unspecified atom stereocenters. The fourth-order valence-electron chi connectivity index (χ4n) is 3.58. The molecule has 0 saturated carbocycles. The van der Waals surface area contributed by atoms with Gasteiger partial charge in [0.25, 0.3) is 11.8 Å². The zero-order valence-electron chi connectivity index (χ0n) is 17.9. The van der Waals surface area contributed by atoms with Crippen LogP contribution in [0, 0.1) is 6.92 Å². The largest absolute Gasteiger partial charge is 0.446 e. The highest BCUT2D eigenvalue weighted by atomic mass is 35.5. The Kier molecular flexibility index (Phi) is 6.29. The van der Waals surface area contributed by atoms with Gasteiger partial charge in [0.05, 0.1) is 0 Å². The first kappa shape index (κ1) is 22.3. The quantitative estimate of drug-likeness (QED) is 0.525. The predicted octanol–water partition coefficient (Wildman–Crippen LogP) is 5.00. The number of ether oxygens (including phenoxy) is 1. The Morgan fingerprint density at radius 3 is 2.36 bits per heavy atom. The molecule has 1 heterocycles. The first-order valence-corrected chi connectivity index (χ1v) is 10.6. The van der Waals surface area contributed by atoms with E-state index < -0.39 is 18.0 Å². The molecule has 0 radical (unpaired) electrons. The number of aryl methyl sites for hydroxylation is 1. The van der Waals surface area contributed by atoms with Crippen LogP contribution in [0.4, 0.5) is 5.69 Å². The summed E-state index contributed by atoms with van der Waals surface area (Å²) in [6.07, 6.45) is -1.22. The van der Waals surface area contributed by atoms with Crippen molar-refractivity contribution in [3.05, 3.63) is 107 Å². The van der Waals surface area contributed by atoms with Gasteiger partial charge in [-0.3, -0.25) is 19.3 Å². The molecule has 3 aromatic rings. The summed E-state index contributed by atoms with van der Waals surface area (Å²) in [5.74, 6) is -1.60. The van der Waals surface area contributed by atoms with Gasteiger partial charge in [0, 0.05) is 33.1 Å². The molecule has 1 N–H and O–H groups in total. The van der Waals surface area contributed by atoms with Crippen LogP contribution in [0.2, 0.25) is 5.02 Å². The number of benzene rings is 3. The zero-order chi connectivity index (χ0) is 23.5. The molecular weight excluding hydrogens is 440 g/mol. The van der Waals surface area contributed by atoms with Crippen LogP contribution in [0.15, 0.2) is 79.4 Å². The number of rotatable bonds is 6. The zero-order valence-corrected chi connectivity index (χ0v) is 18.6.